The number of aromatic amines is 1. The number of nitrogens with zero attached hydrogens (tertiary/aromatic N) is 6. The summed E-state index contributed by atoms with van der Waals surface area (Å²) in [5.74, 6) is 1.01. The van der Waals surface area contributed by atoms with Gasteiger partial charge >= 0.3 is 0 Å². The molecule has 1 atom stereocenters. The highest BCUT2D eigenvalue weighted by Crippen LogP contribution is 2.19. The lowest BCUT2D eigenvalue weighted by molar-refractivity contribution is 0.0916. The van der Waals surface area contributed by atoms with Crippen LogP contribution in [-0.2, 0) is 19.6 Å². The van der Waals surface area contributed by atoms with Crippen LogP contribution in [-0.4, -0.2) is 57.6 Å². The number of fused-ring (bicyclic) bond motifs is 2. The summed E-state index contributed by atoms with van der Waals surface area (Å²) in [6.45, 7) is 4.19. The summed E-state index contributed by atoms with van der Waals surface area (Å²) in [4.78, 5) is 23.1. The second-order valence-corrected chi connectivity index (χ2v) is 6.58. The van der Waals surface area contributed by atoms with E-state index in [1.54, 1.807) is 6.92 Å². The molecule has 138 valence electrons. The molecule has 0 radical (unpaired) electrons. The SMILES string of the molecule is Cc1nc2nc(CN3CCCn4nc([C@H](O)CO)cc4C3)cc(=O)n2[nH]1. The topological polar surface area (TPSA) is 125 Å². The Morgan fingerprint density at radius 2 is 2.15 bits per heavy atom. The minimum absolute atomic E-state index is 0.182. The van der Waals surface area contributed by atoms with Crippen molar-refractivity contribution in [3.8, 4) is 0 Å². The maximum absolute atomic E-state index is 12.2. The molecule has 4 rings (SSSR count). The first-order valence-corrected chi connectivity index (χ1v) is 8.56. The van der Waals surface area contributed by atoms with E-state index in [1.807, 2.05) is 10.7 Å². The molecule has 3 aromatic heterocycles. The first kappa shape index (κ1) is 16.9. The highest BCUT2D eigenvalue weighted by molar-refractivity contribution is 5.27. The number of aliphatic hydroxyl groups excluding tert-OH is 2. The average Bonchev–Trinajstić information content (AvgIpc) is 3.12. The van der Waals surface area contributed by atoms with Crippen LogP contribution in [0, 0.1) is 6.92 Å². The van der Waals surface area contributed by atoms with Gasteiger partial charge in [0.25, 0.3) is 11.3 Å². The number of aliphatic hydroxyl groups is 2. The molecule has 1 aliphatic rings. The van der Waals surface area contributed by atoms with Crippen LogP contribution in [0.5, 0.6) is 0 Å². The summed E-state index contributed by atoms with van der Waals surface area (Å²) < 4.78 is 3.20. The maximum Gasteiger partial charge on any atom is 0.274 e. The zero-order valence-corrected chi connectivity index (χ0v) is 14.5. The molecular formula is C16H21N7O3. The highest BCUT2D eigenvalue weighted by atomic mass is 16.3. The van der Waals surface area contributed by atoms with Crippen molar-refractivity contribution in [2.24, 2.45) is 0 Å². The molecule has 0 saturated heterocycles. The molecule has 3 aromatic rings. The van der Waals surface area contributed by atoms with Crippen molar-refractivity contribution in [3.63, 3.8) is 0 Å². The van der Waals surface area contributed by atoms with Crippen molar-refractivity contribution >= 4 is 5.78 Å². The fourth-order valence-corrected chi connectivity index (χ4v) is 3.29. The number of nitrogens with one attached hydrogen (secondary N) is 1. The van der Waals surface area contributed by atoms with Crippen LogP contribution in [0.4, 0.5) is 0 Å². The zero-order chi connectivity index (χ0) is 18.3. The molecule has 0 fully saturated rings. The third-order valence-corrected chi connectivity index (χ3v) is 4.51. The monoisotopic (exact) mass is 359 g/mol. The molecule has 3 N–H and O–H groups in total. The van der Waals surface area contributed by atoms with Crippen molar-refractivity contribution in [3.05, 3.63) is 45.4 Å². The number of aromatic nitrogens is 6. The van der Waals surface area contributed by atoms with Crippen molar-refractivity contribution in [2.75, 3.05) is 13.2 Å². The van der Waals surface area contributed by atoms with Crippen LogP contribution in [0.1, 0.15) is 35.4 Å². The van der Waals surface area contributed by atoms with Crippen LogP contribution >= 0.6 is 0 Å². The normalized spacial score (nSPS) is 16.6. The van der Waals surface area contributed by atoms with E-state index in [2.05, 4.69) is 25.1 Å². The Morgan fingerprint density at radius 1 is 1.31 bits per heavy atom. The van der Waals surface area contributed by atoms with Crippen molar-refractivity contribution < 1.29 is 10.2 Å². The molecule has 0 saturated carbocycles. The Labute approximate surface area is 148 Å². The van der Waals surface area contributed by atoms with Crippen LogP contribution in [0.3, 0.4) is 0 Å². The Hall–Kier alpha value is -2.56. The van der Waals surface area contributed by atoms with Gasteiger partial charge in [0.05, 0.1) is 23.7 Å². The van der Waals surface area contributed by atoms with Gasteiger partial charge in [0, 0.05) is 32.2 Å². The third-order valence-electron chi connectivity index (χ3n) is 4.51. The van der Waals surface area contributed by atoms with E-state index in [1.165, 1.54) is 10.6 Å². The summed E-state index contributed by atoms with van der Waals surface area (Å²) in [5, 5.41) is 26.1. The molecular weight excluding hydrogens is 338 g/mol. The molecule has 0 aliphatic carbocycles. The minimum Gasteiger partial charge on any atom is -0.393 e. The minimum atomic E-state index is -0.963. The molecule has 0 unspecified atom stereocenters. The number of hydrogen-bond acceptors (Lipinski definition) is 7. The molecule has 0 bridgehead atoms. The predicted molar refractivity (Wildman–Crippen MR) is 91.3 cm³/mol. The van der Waals surface area contributed by atoms with Gasteiger partial charge in [0.15, 0.2) is 0 Å². The Kier molecular flexibility index (Phi) is 4.31. The molecule has 10 heteroatoms. The quantitative estimate of drug-likeness (QED) is 0.565. The van der Waals surface area contributed by atoms with Crippen molar-refractivity contribution in [1.82, 2.24) is 34.3 Å². The van der Waals surface area contributed by atoms with Crippen LogP contribution in [0.25, 0.3) is 5.78 Å². The van der Waals surface area contributed by atoms with Gasteiger partial charge < -0.3 is 10.2 Å². The van der Waals surface area contributed by atoms with Gasteiger partial charge in [-0.05, 0) is 19.4 Å². The smallest absolute Gasteiger partial charge is 0.274 e. The van der Waals surface area contributed by atoms with Gasteiger partial charge in [-0.2, -0.15) is 14.6 Å². The molecule has 10 nitrogen and oxygen atoms in total. The standard InChI is InChI=1S/C16H21N7O3/c1-10-17-16-18-11(5-15(26)23(16)19-10)7-21-3-2-4-22-12(8-21)6-13(20-22)14(25)9-24/h5-6,14,24-25H,2-4,7-9H2,1H3,(H,17,18,19)/t14-/m1/s1. The lowest BCUT2D eigenvalue weighted by Gasteiger charge is -2.18. The lowest BCUT2D eigenvalue weighted by Crippen LogP contribution is -2.25. The Morgan fingerprint density at radius 3 is 2.96 bits per heavy atom. The molecule has 4 heterocycles. The molecule has 1 aliphatic heterocycles. The van der Waals surface area contributed by atoms with Gasteiger partial charge in [0.1, 0.15) is 11.9 Å². The van der Waals surface area contributed by atoms with Gasteiger partial charge in [-0.3, -0.25) is 19.5 Å². The predicted octanol–water partition coefficient (Wildman–Crippen LogP) is -0.646. The Bertz CT molecular complexity index is 990. The number of H-pyrrole nitrogens is 1. The van der Waals surface area contributed by atoms with Gasteiger partial charge in [-0.25, -0.2) is 4.98 Å². The number of hydrogen-bond donors (Lipinski definition) is 3. The van der Waals surface area contributed by atoms with E-state index >= 15 is 0 Å². The van der Waals surface area contributed by atoms with Crippen LogP contribution in [0.15, 0.2) is 16.9 Å². The van der Waals surface area contributed by atoms with E-state index in [4.69, 9.17) is 5.11 Å². The fraction of sp³-hybridized carbons (Fsp3) is 0.500. The number of rotatable bonds is 4. The first-order chi connectivity index (χ1) is 12.5. The van der Waals surface area contributed by atoms with E-state index < -0.39 is 6.10 Å². The van der Waals surface area contributed by atoms with Gasteiger partial charge in [-0.15, -0.1) is 0 Å². The second kappa shape index (κ2) is 6.63. The summed E-state index contributed by atoms with van der Waals surface area (Å²) >= 11 is 0. The summed E-state index contributed by atoms with van der Waals surface area (Å²) in [5.41, 5.74) is 1.94. The molecule has 0 amide bonds. The Balaban J connectivity index is 1.57. The highest BCUT2D eigenvalue weighted by Gasteiger charge is 2.20. The number of aryl methyl sites for hydroxylation is 2. The fourth-order valence-electron chi connectivity index (χ4n) is 3.29. The van der Waals surface area contributed by atoms with Crippen molar-refractivity contribution in [2.45, 2.75) is 39.1 Å². The van der Waals surface area contributed by atoms with E-state index in [0.29, 0.717) is 36.1 Å². The van der Waals surface area contributed by atoms with E-state index in [0.717, 1.165) is 25.2 Å². The molecule has 0 spiro atoms. The van der Waals surface area contributed by atoms with Crippen molar-refractivity contribution in [1.29, 1.82) is 0 Å². The van der Waals surface area contributed by atoms with Gasteiger partial charge in [0.2, 0.25) is 0 Å². The largest absolute Gasteiger partial charge is 0.393 e. The summed E-state index contributed by atoms with van der Waals surface area (Å²) in [6.07, 6.45) is -0.0681. The molecule has 0 aromatic carbocycles. The molecule has 26 heavy (non-hydrogen) atoms. The third kappa shape index (κ3) is 3.14. The average molecular weight is 359 g/mol. The van der Waals surface area contributed by atoms with E-state index in [9.17, 15) is 9.90 Å². The second-order valence-electron chi connectivity index (χ2n) is 6.58. The van der Waals surface area contributed by atoms with Gasteiger partial charge in [-0.1, -0.05) is 0 Å². The summed E-state index contributed by atoms with van der Waals surface area (Å²) in [6, 6.07) is 3.34. The van der Waals surface area contributed by atoms with Crippen LogP contribution < -0.4 is 5.56 Å². The first-order valence-electron chi connectivity index (χ1n) is 8.56. The maximum atomic E-state index is 12.2. The zero-order valence-electron chi connectivity index (χ0n) is 14.5. The van der Waals surface area contributed by atoms with Crippen LogP contribution in [0.2, 0.25) is 0 Å². The van der Waals surface area contributed by atoms with E-state index in [-0.39, 0.29) is 12.2 Å². The summed E-state index contributed by atoms with van der Waals surface area (Å²) in [7, 11) is 0. The lowest BCUT2D eigenvalue weighted by atomic mass is 10.2.